The highest BCUT2D eigenvalue weighted by Gasteiger charge is 2.35. The Kier molecular flexibility index (Phi) is 8.02. The van der Waals surface area contributed by atoms with Gasteiger partial charge in [0.1, 0.15) is 12.6 Å². The zero-order valence-corrected chi connectivity index (χ0v) is 19.9. The van der Waals surface area contributed by atoms with Gasteiger partial charge < -0.3 is 24.8 Å². The van der Waals surface area contributed by atoms with Crippen LogP contribution in [0.5, 0.6) is 0 Å². The summed E-state index contributed by atoms with van der Waals surface area (Å²) in [7, 11) is 1.58. The number of carbonyl (C=O) groups excluding carboxylic acids is 2. The van der Waals surface area contributed by atoms with Crippen LogP contribution in [0, 0.1) is 0 Å². The second kappa shape index (κ2) is 11.4. The number of nitrogens with zero attached hydrogens (tertiary/aromatic N) is 1. The van der Waals surface area contributed by atoms with E-state index in [-0.39, 0.29) is 30.9 Å². The van der Waals surface area contributed by atoms with Crippen LogP contribution in [0.25, 0.3) is 11.1 Å². The molecule has 1 aliphatic carbocycles. The number of hydrogen-bond donors (Lipinski definition) is 2. The molecule has 1 fully saturated rings. The van der Waals surface area contributed by atoms with Crippen LogP contribution in [-0.4, -0.2) is 66.9 Å². The van der Waals surface area contributed by atoms with E-state index < -0.39 is 18.1 Å². The van der Waals surface area contributed by atoms with Gasteiger partial charge in [0, 0.05) is 32.2 Å². The minimum atomic E-state index is -0.935. The number of rotatable bonds is 10. The van der Waals surface area contributed by atoms with Gasteiger partial charge in [-0.25, -0.2) is 4.79 Å². The van der Waals surface area contributed by atoms with Crippen LogP contribution in [-0.2, 0) is 19.1 Å². The second-order valence-electron chi connectivity index (χ2n) is 9.08. The number of carboxylic acids is 1. The van der Waals surface area contributed by atoms with Crippen molar-refractivity contribution in [1.82, 2.24) is 10.2 Å². The minimum absolute atomic E-state index is 0.0747. The van der Waals surface area contributed by atoms with E-state index in [4.69, 9.17) is 9.47 Å². The van der Waals surface area contributed by atoms with Gasteiger partial charge in [-0.3, -0.25) is 9.59 Å². The van der Waals surface area contributed by atoms with Crippen molar-refractivity contribution in [2.24, 2.45) is 0 Å². The number of alkyl carbamates (subject to hydrolysis) is 1. The van der Waals surface area contributed by atoms with Crippen molar-refractivity contribution >= 4 is 18.0 Å². The molecule has 2 aliphatic rings. The van der Waals surface area contributed by atoms with Gasteiger partial charge in [0.25, 0.3) is 0 Å². The van der Waals surface area contributed by atoms with Crippen molar-refractivity contribution in [3.05, 3.63) is 59.7 Å². The van der Waals surface area contributed by atoms with Gasteiger partial charge in [0.2, 0.25) is 5.91 Å². The first-order valence-electron chi connectivity index (χ1n) is 12.1. The summed E-state index contributed by atoms with van der Waals surface area (Å²) in [6.45, 7) is 1.10. The summed E-state index contributed by atoms with van der Waals surface area (Å²) in [4.78, 5) is 38.9. The van der Waals surface area contributed by atoms with Crippen molar-refractivity contribution in [2.45, 2.75) is 50.1 Å². The molecule has 0 saturated carbocycles. The first-order valence-corrected chi connectivity index (χ1v) is 12.1. The van der Waals surface area contributed by atoms with Gasteiger partial charge >= 0.3 is 12.1 Å². The Labute approximate surface area is 205 Å². The molecule has 2 unspecified atom stereocenters. The summed E-state index contributed by atoms with van der Waals surface area (Å²) in [5.74, 6) is -1.28. The summed E-state index contributed by atoms with van der Waals surface area (Å²) in [6.07, 6.45) is 1.60. The Morgan fingerprint density at radius 1 is 1.09 bits per heavy atom. The van der Waals surface area contributed by atoms with Crippen LogP contribution in [0.15, 0.2) is 48.5 Å². The van der Waals surface area contributed by atoms with E-state index in [1.54, 1.807) is 12.0 Å². The fraction of sp³-hybridized carbons (Fsp3) is 0.444. The summed E-state index contributed by atoms with van der Waals surface area (Å²) < 4.78 is 10.7. The van der Waals surface area contributed by atoms with E-state index in [9.17, 15) is 19.5 Å². The number of nitrogens with one attached hydrogen (secondary N) is 1. The van der Waals surface area contributed by atoms with Gasteiger partial charge in [-0.2, -0.15) is 0 Å². The van der Waals surface area contributed by atoms with Crippen molar-refractivity contribution in [3.63, 3.8) is 0 Å². The second-order valence-corrected chi connectivity index (χ2v) is 9.08. The third-order valence-electron chi connectivity index (χ3n) is 6.85. The summed E-state index contributed by atoms with van der Waals surface area (Å²) >= 11 is 0. The van der Waals surface area contributed by atoms with E-state index >= 15 is 0 Å². The van der Waals surface area contributed by atoms with Gasteiger partial charge in [0.15, 0.2) is 0 Å². The molecule has 4 rings (SSSR count). The van der Waals surface area contributed by atoms with E-state index in [0.29, 0.717) is 32.4 Å². The standard InChI is InChI=1S/C27H32N2O6/c1-34-15-7-13-24(26(32)29-14-6-8-18(29)16-25(30)31)28-27(33)35-17-23-21-11-4-2-9-19(21)20-10-3-5-12-22(20)23/h2-5,9-12,18,23-24H,6-8,13-17H2,1H3,(H,28,33)(H,30,31). The summed E-state index contributed by atoms with van der Waals surface area (Å²) in [6, 6.07) is 15.0. The Bertz CT molecular complexity index is 1030. The molecule has 2 aromatic carbocycles. The fourth-order valence-corrected chi connectivity index (χ4v) is 5.21. The topological polar surface area (TPSA) is 105 Å². The number of carboxylic acid groups (broad SMARTS) is 1. The first kappa shape index (κ1) is 24.7. The SMILES string of the molecule is COCCCC(NC(=O)OCC1c2ccccc2-c2ccccc21)C(=O)N1CCCC1CC(=O)O. The monoisotopic (exact) mass is 480 g/mol. The van der Waals surface area contributed by atoms with Crippen LogP contribution in [0.4, 0.5) is 4.79 Å². The van der Waals surface area contributed by atoms with Gasteiger partial charge in [-0.1, -0.05) is 48.5 Å². The number of aliphatic carboxylic acids is 1. The number of methoxy groups -OCH3 is 1. The average molecular weight is 481 g/mol. The van der Waals surface area contributed by atoms with Crippen molar-refractivity contribution in [3.8, 4) is 11.1 Å². The normalized spacial score (nSPS) is 17.5. The highest BCUT2D eigenvalue weighted by Crippen LogP contribution is 2.44. The Balaban J connectivity index is 1.42. The highest BCUT2D eigenvalue weighted by molar-refractivity contribution is 5.86. The van der Waals surface area contributed by atoms with Crippen LogP contribution < -0.4 is 5.32 Å². The molecule has 0 radical (unpaired) electrons. The molecule has 2 atom stereocenters. The maximum atomic E-state index is 13.3. The Hall–Kier alpha value is -3.39. The lowest BCUT2D eigenvalue weighted by Crippen LogP contribution is -2.50. The molecule has 1 heterocycles. The molecule has 8 heteroatoms. The third kappa shape index (κ3) is 5.65. The number of ether oxygens (including phenoxy) is 2. The lowest BCUT2D eigenvalue weighted by molar-refractivity contribution is -0.140. The number of amides is 2. The molecule has 8 nitrogen and oxygen atoms in total. The highest BCUT2D eigenvalue weighted by atomic mass is 16.5. The number of fused-ring (bicyclic) bond motifs is 3. The van der Waals surface area contributed by atoms with Crippen molar-refractivity contribution in [1.29, 1.82) is 0 Å². The average Bonchev–Trinajstić information content (AvgIpc) is 3.44. The lowest BCUT2D eigenvalue weighted by Gasteiger charge is -2.28. The molecule has 35 heavy (non-hydrogen) atoms. The molecule has 0 aromatic heterocycles. The molecule has 0 spiro atoms. The maximum absolute atomic E-state index is 13.3. The maximum Gasteiger partial charge on any atom is 0.407 e. The van der Waals surface area contributed by atoms with E-state index in [2.05, 4.69) is 17.4 Å². The van der Waals surface area contributed by atoms with E-state index in [1.165, 1.54) is 0 Å². The van der Waals surface area contributed by atoms with Gasteiger partial charge in [0.05, 0.1) is 6.42 Å². The number of likely N-dealkylation sites (tertiary alicyclic amines) is 1. The Morgan fingerprint density at radius 3 is 2.37 bits per heavy atom. The van der Waals surface area contributed by atoms with E-state index in [1.807, 2.05) is 36.4 Å². The number of hydrogen-bond acceptors (Lipinski definition) is 5. The van der Waals surface area contributed by atoms with Gasteiger partial charge in [-0.05, 0) is 47.9 Å². The van der Waals surface area contributed by atoms with E-state index in [0.717, 1.165) is 28.7 Å². The number of carbonyl (C=O) groups is 3. The Morgan fingerprint density at radius 2 is 1.74 bits per heavy atom. The molecular weight excluding hydrogens is 448 g/mol. The third-order valence-corrected chi connectivity index (χ3v) is 6.85. The lowest BCUT2D eigenvalue weighted by atomic mass is 9.98. The largest absolute Gasteiger partial charge is 0.481 e. The predicted octanol–water partition coefficient (Wildman–Crippen LogP) is 3.79. The van der Waals surface area contributed by atoms with Gasteiger partial charge in [-0.15, -0.1) is 0 Å². The van der Waals surface area contributed by atoms with Crippen LogP contribution in [0.2, 0.25) is 0 Å². The molecule has 2 amide bonds. The summed E-state index contributed by atoms with van der Waals surface area (Å²) in [5.41, 5.74) is 4.51. The quantitative estimate of drug-likeness (QED) is 0.502. The van der Waals surface area contributed by atoms with Crippen LogP contribution >= 0.6 is 0 Å². The zero-order valence-electron chi connectivity index (χ0n) is 19.9. The summed E-state index contributed by atoms with van der Waals surface area (Å²) in [5, 5.41) is 11.9. The molecule has 1 aliphatic heterocycles. The molecule has 2 aromatic rings. The molecule has 186 valence electrons. The molecule has 0 bridgehead atoms. The molecule has 1 saturated heterocycles. The van der Waals surface area contributed by atoms with Crippen LogP contribution in [0.1, 0.15) is 49.1 Å². The van der Waals surface area contributed by atoms with Crippen LogP contribution in [0.3, 0.4) is 0 Å². The molecular formula is C27H32N2O6. The molecule has 2 N–H and O–H groups in total. The smallest absolute Gasteiger partial charge is 0.407 e. The minimum Gasteiger partial charge on any atom is -0.481 e. The number of benzene rings is 2. The predicted molar refractivity (Wildman–Crippen MR) is 130 cm³/mol. The van der Waals surface area contributed by atoms with Crippen molar-refractivity contribution < 1.29 is 29.0 Å². The van der Waals surface area contributed by atoms with Crippen molar-refractivity contribution in [2.75, 3.05) is 26.9 Å². The first-order chi connectivity index (χ1) is 17.0. The zero-order chi connectivity index (χ0) is 24.8. The fourth-order valence-electron chi connectivity index (χ4n) is 5.21.